The standard InChI is InChI=1S/C26H22N6O/c1-4-19-16(3)20(13-27)24-29-21-10-5-6-11-22(21)32(24)25(19)31-28-14-18-12-17-9-7-8-15(2)23(17)30-26(18)33/h5-12,14,31H,4H2,1-3H3,(H,30,33)/b28-14+. The smallest absolute Gasteiger partial charge is 0.257 e. The molecule has 2 N–H and O–H groups in total. The number of fused-ring (bicyclic) bond motifs is 4. The van der Waals surface area contributed by atoms with Crippen LogP contribution >= 0.6 is 0 Å². The van der Waals surface area contributed by atoms with Gasteiger partial charge in [-0.15, -0.1) is 0 Å². The molecule has 162 valence electrons. The number of para-hydroxylation sites is 3. The number of H-pyrrole nitrogens is 1. The number of pyridine rings is 2. The molecule has 0 spiro atoms. The lowest BCUT2D eigenvalue weighted by Gasteiger charge is -2.15. The fourth-order valence-corrected chi connectivity index (χ4v) is 4.39. The van der Waals surface area contributed by atoms with Crippen LogP contribution < -0.4 is 11.0 Å². The average molecular weight is 435 g/mol. The number of benzene rings is 2. The van der Waals surface area contributed by atoms with E-state index in [1.807, 2.05) is 73.7 Å². The minimum Gasteiger partial charge on any atom is -0.321 e. The van der Waals surface area contributed by atoms with Crippen molar-refractivity contribution in [2.75, 3.05) is 5.43 Å². The lowest BCUT2D eigenvalue weighted by Crippen LogP contribution is -2.13. The zero-order valence-electron chi connectivity index (χ0n) is 18.6. The van der Waals surface area contributed by atoms with Gasteiger partial charge in [-0.3, -0.25) is 14.6 Å². The maximum Gasteiger partial charge on any atom is 0.257 e. The van der Waals surface area contributed by atoms with Crippen LogP contribution in [0.4, 0.5) is 5.82 Å². The highest BCUT2D eigenvalue weighted by molar-refractivity contribution is 5.90. The number of nitrogens with zero attached hydrogens (tertiary/aromatic N) is 4. The van der Waals surface area contributed by atoms with Gasteiger partial charge < -0.3 is 4.98 Å². The maximum absolute atomic E-state index is 12.6. The van der Waals surface area contributed by atoms with Gasteiger partial charge in [-0.1, -0.05) is 37.3 Å². The molecule has 5 aromatic rings. The molecule has 0 aliphatic heterocycles. The second kappa shape index (κ2) is 7.92. The Bertz CT molecular complexity index is 1680. The molecule has 2 aromatic carbocycles. The molecule has 0 saturated heterocycles. The van der Waals surface area contributed by atoms with Gasteiger partial charge in [0.05, 0.1) is 33.9 Å². The zero-order valence-corrected chi connectivity index (χ0v) is 18.6. The van der Waals surface area contributed by atoms with Crippen LogP contribution in [-0.2, 0) is 6.42 Å². The fraction of sp³-hybridized carbons (Fsp3) is 0.154. The Morgan fingerprint density at radius 1 is 1.21 bits per heavy atom. The predicted molar refractivity (Wildman–Crippen MR) is 132 cm³/mol. The van der Waals surface area contributed by atoms with Crippen molar-refractivity contribution in [2.24, 2.45) is 5.10 Å². The van der Waals surface area contributed by atoms with E-state index in [4.69, 9.17) is 4.98 Å². The van der Waals surface area contributed by atoms with Gasteiger partial charge in [0.1, 0.15) is 11.9 Å². The van der Waals surface area contributed by atoms with Crippen LogP contribution in [0.25, 0.3) is 27.6 Å². The number of imidazole rings is 1. The van der Waals surface area contributed by atoms with Crippen molar-refractivity contribution in [3.63, 3.8) is 0 Å². The van der Waals surface area contributed by atoms with Gasteiger partial charge in [0, 0.05) is 0 Å². The van der Waals surface area contributed by atoms with Crippen molar-refractivity contribution in [3.05, 3.63) is 86.7 Å². The molecule has 33 heavy (non-hydrogen) atoms. The van der Waals surface area contributed by atoms with E-state index in [9.17, 15) is 10.1 Å². The first-order chi connectivity index (χ1) is 16.0. The topological polar surface area (TPSA) is 98.3 Å². The van der Waals surface area contributed by atoms with Crippen molar-refractivity contribution in [3.8, 4) is 6.07 Å². The van der Waals surface area contributed by atoms with E-state index >= 15 is 0 Å². The molecule has 0 atom stereocenters. The summed E-state index contributed by atoms with van der Waals surface area (Å²) in [7, 11) is 0. The van der Waals surface area contributed by atoms with Crippen molar-refractivity contribution >= 4 is 39.6 Å². The van der Waals surface area contributed by atoms with Gasteiger partial charge in [-0.25, -0.2) is 4.98 Å². The Labute approximate surface area is 190 Å². The number of hydrogen-bond acceptors (Lipinski definition) is 5. The highest BCUT2D eigenvalue weighted by atomic mass is 16.1. The van der Waals surface area contributed by atoms with E-state index in [1.165, 1.54) is 6.21 Å². The third-order valence-electron chi connectivity index (χ3n) is 6.08. The molecule has 0 radical (unpaired) electrons. The number of aromatic nitrogens is 3. The first-order valence-electron chi connectivity index (χ1n) is 10.8. The Morgan fingerprint density at radius 3 is 2.82 bits per heavy atom. The highest BCUT2D eigenvalue weighted by Gasteiger charge is 2.19. The van der Waals surface area contributed by atoms with Crippen LogP contribution in [0.2, 0.25) is 0 Å². The molecule has 0 aliphatic carbocycles. The van der Waals surface area contributed by atoms with E-state index in [0.717, 1.165) is 44.4 Å². The van der Waals surface area contributed by atoms with Crippen molar-refractivity contribution in [2.45, 2.75) is 27.2 Å². The second-order valence-corrected chi connectivity index (χ2v) is 8.01. The third-order valence-corrected chi connectivity index (χ3v) is 6.08. The third kappa shape index (κ3) is 3.24. The van der Waals surface area contributed by atoms with Crippen molar-refractivity contribution < 1.29 is 0 Å². The van der Waals surface area contributed by atoms with Crippen LogP contribution in [-0.4, -0.2) is 20.6 Å². The summed E-state index contributed by atoms with van der Waals surface area (Å²) in [4.78, 5) is 20.3. The molecule has 0 saturated carbocycles. The molecule has 0 amide bonds. The molecule has 7 nitrogen and oxygen atoms in total. The van der Waals surface area contributed by atoms with Gasteiger partial charge in [-0.05, 0) is 60.5 Å². The number of aryl methyl sites for hydroxylation is 1. The number of hydrazone groups is 1. The van der Waals surface area contributed by atoms with E-state index in [1.54, 1.807) is 0 Å². The summed E-state index contributed by atoms with van der Waals surface area (Å²) in [6, 6.07) is 17.8. The molecule has 5 rings (SSSR count). The largest absolute Gasteiger partial charge is 0.321 e. The maximum atomic E-state index is 12.6. The summed E-state index contributed by atoms with van der Waals surface area (Å²) in [5.74, 6) is 0.738. The molecular formula is C26H22N6O. The molecule has 0 unspecified atom stereocenters. The van der Waals surface area contributed by atoms with Crippen LogP contribution in [0.5, 0.6) is 0 Å². The lowest BCUT2D eigenvalue weighted by molar-refractivity contribution is 1.04. The first kappa shape index (κ1) is 20.5. The number of anilines is 1. The number of nitriles is 1. The monoisotopic (exact) mass is 434 g/mol. The van der Waals surface area contributed by atoms with E-state index in [0.29, 0.717) is 23.2 Å². The highest BCUT2D eigenvalue weighted by Crippen LogP contribution is 2.31. The van der Waals surface area contributed by atoms with E-state index < -0.39 is 0 Å². The van der Waals surface area contributed by atoms with Crippen LogP contribution in [0.3, 0.4) is 0 Å². The summed E-state index contributed by atoms with van der Waals surface area (Å²) in [5, 5.41) is 15.2. The van der Waals surface area contributed by atoms with Gasteiger partial charge in [0.15, 0.2) is 5.65 Å². The second-order valence-electron chi connectivity index (χ2n) is 8.01. The van der Waals surface area contributed by atoms with Crippen molar-refractivity contribution in [1.82, 2.24) is 14.4 Å². The molecule has 7 heteroatoms. The minimum atomic E-state index is -0.202. The average Bonchev–Trinajstić information content (AvgIpc) is 3.19. The molecule has 0 fully saturated rings. The molecule has 3 heterocycles. The fourth-order valence-electron chi connectivity index (χ4n) is 4.39. The van der Waals surface area contributed by atoms with Crippen molar-refractivity contribution in [1.29, 1.82) is 5.26 Å². The summed E-state index contributed by atoms with van der Waals surface area (Å²) >= 11 is 0. The van der Waals surface area contributed by atoms with Gasteiger partial charge in [0.2, 0.25) is 0 Å². The molecular weight excluding hydrogens is 412 g/mol. The first-order valence-corrected chi connectivity index (χ1v) is 10.8. The molecule has 0 aliphatic rings. The molecule has 3 aromatic heterocycles. The summed E-state index contributed by atoms with van der Waals surface area (Å²) in [6.45, 7) is 5.94. The summed E-state index contributed by atoms with van der Waals surface area (Å²) in [5.41, 5.74) is 9.92. The van der Waals surface area contributed by atoms with Crippen LogP contribution in [0, 0.1) is 25.2 Å². The number of nitrogens with one attached hydrogen (secondary N) is 2. The summed E-state index contributed by atoms with van der Waals surface area (Å²) in [6.07, 6.45) is 2.23. The minimum absolute atomic E-state index is 0.202. The van der Waals surface area contributed by atoms with Crippen LogP contribution in [0.15, 0.2) is 58.4 Å². The van der Waals surface area contributed by atoms with E-state index in [-0.39, 0.29) is 5.56 Å². The van der Waals surface area contributed by atoms with Gasteiger partial charge in [0.25, 0.3) is 5.56 Å². The number of rotatable bonds is 4. The number of hydrogen-bond donors (Lipinski definition) is 2. The van der Waals surface area contributed by atoms with E-state index in [2.05, 4.69) is 21.6 Å². The quantitative estimate of drug-likeness (QED) is 0.313. The lowest BCUT2D eigenvalue weighted by atomic mass is 10.0. The SMILES string of the molecule is CCc1c(C)c(C#N)c2nc3ccccc3n2c1N/N=C/c1cc2cccc(C)c2[nH]c1=O. The molecule has 0 bridgehead atoms. The van der Waals surface area contributed by atoms with Gasteiger partial charge in [-0.2, -0.15) is 10.4 Å². The van der Waals surface area contributed by atoms with Crippen LogP contribution in [0.1, 0.15) is 34.7 Å². The Balaban J connectivity index is 1.66. The summed E-state index contributed by atoms with van der Waals surface area (Å²) < 4.78 is 1.94. The van der Waals surface area contributed by atoms with Gasteiger partial charge >= 0.3 is 0 Å². The Morgan fingerprint density at radius 2 is 2.03 bits per heavy atom. The Hall–Kier alpha value is -4.44. The Kier molecular flexibility index (Phi) is 4.91. The zero-order chi connectivity index (χ0) is 23.1. The predicted octanol–water partition coefficient (Wildman–Crippen LogP) is 4.83. The number of aromatic amines is 1. The normalized spacial score (nSPS) is 11.6.